The van der Waals surface area contributed by atoms with Gasteiger partial charge in [0.05, 0.1) is 24.6 Å². The van der Waals surface area contributed by atoms with Gasteiger partial charge in [0, 0.05) is 6.92 Å². The van der Waals surface area contributed by atoms with Gasteiger partial charge in [0.2, 0.25) is 17.7 Å². The Kier molecular flexibility index (Phi) is 3.48. The number of para-hydroxylation sites is 2. The SMILES string of the molecule is COc1ccccc1N(CN1C(=O)C2C3C=CC(C4CC34)C2C1=O)C(C)=O. The van der Waals surface area contributed by atoms with E-state index in [0.717, 1.165) is 6.42 Å². The van der Waals surface area contributed by atoms with Crippen molar-refractivity contribution < 1.29 is 19.1 Å². The Hall–Kier alpha value is -2.63. The van der Waals surface area contributed by atoms with Crippen molar-refractivity contribution in [1.29, 1.82) is 0 Å². The van der Waals surface area contributed by atoms with Crippen LogP contribution < -0.4 is 9.64 Å². The minimum atomic E-state index is -0.247. The fourth-order valence-corrected chi connectivity index (χ4v) is 5.50. The van der Waals surface area contributed by atoms with Crippen LogP contribution in [0.2, 0.25) is 0 Å². The summed E-state index contributed by atoms with van der Waals surface area (Å²) in [6.45, 7) is 1.38. The number of rotatable bonds is 4. The average molecular weight is 366 g/mol. The van der Waals surface area contributed by atoms with E-state index in [0.29, 0.717) is 23.3 Å². The number of hydrogen-bond acceptors (Lipinski definition) is 4. The number of carbonyl (C=O) groups excluding carboxylic acids is 3. The summed E-state index contributed by atoms with van der Waals surface area (Å²) >= 11 is 0. The molecule has 3 fully saturated rings. The number of benzene rings is 1. The van der Waals surface area contributed by atoms with Crippen LogP contribution in [0.4, 0.5) is 5.69 Å². The van der Waals surface area contributed by atoms with E-state index in [1.807, 2.05) is 6.07 Å². The predicted octanol–water partition coefficient (Wildman–Crippen LogP) is 2.06. The molecule has 1 aromatic rings. The molecule has 2 bridgehead atoms. The van der Waals surface area contributed by atoms with Crippen molar-refractivity contribution in [3.8, 4) is 5.75 Å². The lowest BCUT2D eigenvalue weighted by Gasteiger charge is -2.37. The fraction of sp³-hybridized carbons (Fsp3) is 0.476. The lowest BCUT2D eigenvalue weighted by Crippen LogP contribution is -2.44. The number of imide groups is 1. The van der Waals surface area contributed by atoms with Crippen LogP contribution in [0.15, 0.2) is 36.4 Å². The van der Waals surface area contributed by atoms with E-state index < -0.39 is 0 Å². The van der Waals surface area contributed by atoms with E-state index in [1.54, 1.807) is 18.2 Å². The minimum absolute atomic E-state index is 0.0604. The minimum Gasteiger partial charge on any atom is -0.495 e. The molecule has 0 radical (unpaired) electrons. The van der Waals surface area contributed by atoms with Crippen molar-refractivity contribution in [1.82, 2.24) is 4.90 Å². The Labute approximate surface area is 157 Å². The Morgan fingerprint density at radius 2 is 1.70 bits per heavy atom. The third-order valence-electron chi connectivity index (χ3n) is 6.79. The Morgan fingerprint density at radius 1 is 1.11 bits per heavy atom. The van der Waals surface area contributed by atoms with E-state index in [4.69, 9.17) is 4.74 Å². The standard InChI is InChI=1S/C21H22N2O4/c1-11(24)22(16-5-3-4-6-17(16)27-2)10-23-20(25)18-12-7-8-13(15-9-14(12)15)19(18)21(23)26/h3-8,12-15,18-19H,9-10H2,1-2H3. The Morgan fingerprint density at radius 3 is 2.26 bits per heavy atom. The molecule has 6 unspecified atom stereocenters. The molecule has 4 aliphatic carbocycles. The number of amides is 3. The second-order valence-corrected chi connectivity index (χ2v) is 8.02. The summed E-state index contributed by atoms with van der Waals surface area (Å²) in [7, 11) is 1.54. The third kappa shape index (κ3) is 2.22. The summed E-state index contributed by atoms with van der Waals surface area (Å²) < 4.78 is 5.36. The van der Waals surface area contributed by atoms with Crippen LogP contribution in [-0.2, 0) is 14.4 Å². The summed E-state index contributed by atoms with van der Waals surface area (Å²) in [4.78, 5) is 41.4. The first-order valence-electron chi connectivity index (χ1n) is 9.47. The monoisotopic (exact) mass is 366 g/mol. The zero-order chi connectivity index (χ0) is 18.9. The maximum absolute atomic E-state index is 13.1. The number of allylic oxidation sites excluding steroid dienone is 2. The highest BCUT2D eigenvalue weighted by Gasteiger charge is 2.67. The van der Waals surface area contributed by atoms with Crippen LogP contribution in [-0.4, -0.2) is 36.4 Å². The molecule has 140 valence electrons. The quantitative estimate of drug-likeness (QED) is 0.604. The molecule has 0 spiro atoms. The number of carbonyl (C=O) groups is 3. The summed E-state index contributed by atoms with van der Waals surface area (Å²) in [6.07, 6.45) is 5.44. The smallest absolute Gasteiger partial charge is 0.235 e. The molecule has 6 heteroatoms. The van der Waals surface area contributed by atoms with Crippen molar-refractivity contribution in [3.63, 3.8) is 0 Å². The molecular weight excluding hydrogens is 344 g/mol. The molecule has 1 saturated heterocycles. The van der Waals surface area contributed by atoms with Gasteiger partial charge in [0.25, 0.3) is 0 Å². The van der Waals surface area contributed by atoms with E-state index in [2.05, 4.69) is 12.2 Å². The Bertz CT molecular complexity index is 843. The molecule has 27 heavy (non-hydrogen) atoms. The van der Waals surface area contributed by atoms with Crippen molar-refractivity contribution in [3.05, 3.63) is 36.4 Å². The van der Waals surface area contributed by atoms with E-state index in [9.17, 15) is 14.4 Å². The highest BCUT2D eigenvalue weighted by molar-refractivity contribution is 6.07. The van der Waals surface area contributed by atoms with Crippen molar-refractivity contribution >= 4 is 23.4 Å². The molecule has 0 N–H and O–H groups in total. The van der Waals surface area contributed by atoms with Gasteiger partial charge in [-0.3, -0.25) is 24.2 Å². The van der Waals surface area contributed by atoms with E-state index in [-0.39, 0.29) is 48.1 Å². The van der Waals surface area contributed by atoms with Gasteiger partial charge in [-0.2, -0.15) is 0 Å². The van der Waals surface area contributed by atoms with Gasteiger partial charge in [-0.05, 0) is 42.2 Å². The second kappa shape index (κ2) is 5.68. The largest absolute Gasteiger partial charge is 0.495 e. The highest BCUT2D eigenvalue weighted by Crippen LogP contribution is 2.65. The van der Waals surface area contributed by atoms with Gasteiger partial charge in [-0.25, -0.2) is 0 Å². The molecule has 5 aliphatic rings. The maximum atomic E-state index is 13.1. The molecule has 1 aromatic carbocycles. The average Bonchev–Trinajstić information content (AvgIpc) is 3.45. The zero-order valence-corrected chi connectivity index (χ0v) is 15.4. The van der Waals surface area contributed by atoms with E-state index >= 15 is 0 Å². The molecule has 6 atom stereocenters. The first-order chi connectivity index (χ1) is 13.0. The first kappa shape index (κ1) is 16.5. The highest BCUT2D eigenvalue weighted by atomic mass is 16.5. The molecule has 1 heterocycles. The summed E-state index contributed by atoms with van der Waals surface area (Å²) in [5, 5.41) is 0. The predicted molar refractivity (Wildman–Crippen MR) is 97.6 cm³/mol. The zero-order valence-electron chi connectivity index (χ0n) is 15.4. The maximum Gasteiger partial charge on any atom is 0.235 e. The second-order valence-electron chi connectivity index (χ2n) is 8.02. The number of nitrogens with zero attached hydrogens (tertiary/aromatic N) is 2. The third-order valence-corrected chi connectivity index (χ3v) is 6.79. The molecule has 2 saturated carbocycles. The summed E-state index contributed by atoms with van der Waals surface area (Å²) in [6, 6.07) is 7.14. The molecule has 6 nitrogen and oxygen atoms in total. The molecule has 3 amide bonds. The van der Waals surface area contributed by atoms with Gasteiger partial charge < -0.3 is 4.74 Å². The van der Waals surface area contributed by atoms with Gasteiger partial charge >= 0.3 is 0 Å². The number of ether oxygens (including phenoxy) is 1. The van der Waals surface area contributed by atoms with Gasteiger partial charge in [-0.1, -0.05) is 24.3 Å². The van der Waals surface area contributed by atoms with Crippen LogP contribution >= 0.6 is 0 Å². The number of likely N-dealkylation sites (tertiary alicyclic amines) is 1. The molecule has 6 rings (SSSR count). The summed E-state index contributed by atoms with van der Waals surface area (Å²) in [5.41, 5.74) is 0.562. The van der Waals surface area contributed by atoms with Gasteiger partial charge in [-0.15, -0.1) is 0 Å². The molecule has 1 aliphatic heterocycles. The fourth-order valence-electron chi connectivity index (χ4n) is 5.50. The van der Waals surface area contributed by atoms with Crippen LogP contribution in [0, 0.1) is 35.5 Å². The number of methoxy groups -OCH3 is 1. The van der Waals surface area contributed by atoms with Crippen molar-refractivity contribution in [2.24, 2.45) is 35.5 Å². The number of anilines is 1. The van der Waals surface area contributed by atoms with E-state index in [1.165, 1.54) is 23.8 Å². The van der Waals surface area contributed by atoms with Gasteiger partial charge in [0.1, 0.15) is 12.4 Å². The lowest BCUT2D eigenvalue weighted by molar-refractivity contribution is -0.140. The van der Waals surface area contributed by atoms with Crippen LogP contribution in [0.1, 0.15) is 13.3 Å². The van der Waals surface area contributed by atoms with Crippen LogP contribution in [0.25, 0.3) is 0 Å². The summed E-state index contributed by atoms with van der Waals surface area (Å²) in [5.74, 6) is 1.04. The lowest BCUT2D eigenvalue weighted by atomic mass is 9.63. The van der Waals surface area contributed by atoms with Crippen LogP contribution in [0.3, 0.4) is 0 Å². The van der Waals surface area contributed by atoms with Crippen molar-refractivity contribution in [2.45, 2.75) is 13.3 Å². The molecule has 0 aromatic heterocycles. The molecular formula is C21H22N2O4. The first-order valence-corrected chi connectivity index (χ1v) is 9.47. The number of hydrogen-bond donors (Lipinski definition) is 0. The Balaban J connectivity index is 1.46. The normalized spacial score (nSPS) is 35.1. The topological polar surface area (TPSA) is 66.9 Å². The van der Waals surface area contributed by atoms with Crippen molar-refractivity contribution in [2.75, 3.05) is 18.7 Å². The van der Waals surface area contributed by atoms with Gasteiger partial charge in [0.15, 0.2) is 0 Å². The van der Waals surface area contributed by atoms with Crippen LogP contribution in [0.5, 0.6) is 5.75 Å².